The highest BCUT2D eigenvalue weighted by Crippen LogP contribution is 2.05. The predicted octanol–water partition coefficient (Wildman–Crippen LogP) is 0.484. The summed E-state index contributed by atoms with van der Waals surface area (Å²) in [4.78, 5) is 9.61. The fourth-order valence-electron chi connectivity index (χ4n) is 0.0690. The predicted molar refractivity (Wildman–Crippen MR) is 26.3 cm³/mol. The molecule has 4 heteroatoms. The van der Waals surface area contributed by atoms with Crippen LogP contribution in [0, 0.1) is 0 Å². The Labute approximate surface area is 45.6 Å². The van der Waals surface area contributed by atoms with Gasteiger partial charge in [0.15, 0.2) is 6.16 Å². The molecule has 0 aromatic heterocycles. The lowest BCUT2D eigenvalue weighted by atomic mass is 11.0. The fraction of sp³-hybridized carbons (Fsp3) is 1.00. The summed E-state index contributed by atoms with van der Waals surface area (Å²) >= 11 is 2.97. The molecule has 0 radical (unpaired) electrons. The molecular formula is C2H4BrO2P. The summed E-state index contributed by atoms with van der Waals surface area (Å²) in [7, 11) is -2.15. The number of halogens is 1. The molecule has 1 atom stereocenters. The second-order valence-corrected chi connectivity index (χ2v) is 2.65. The largest absolute Gasteiger partial charge is 0.596 e. The zero-order chi connectivity index (χ0) is 4.99. The van der Waals surface area contributed by atoms with Crippen molar-refractivity contribution in [2.24, 2.45) is 0 Å². The highest BCUT2D eigenvalue weighted by molar-refractivity contribution is 9.09. The van der Waals surface area contributed by atoms with Crippen LogP contribution in [0.15, 0.2) is 0 Å². The Morgan fingerprint density at radius 1 is 1.83 bits per heavy atom. The maximum Gasteiger partial charge on any atom is 0.309 e. The van der Waals surface area contributed by atoms with E-state index in [0.29, 0.717) is 5.33 Å². The molecule has 0 aliphatic carbocycles. The molecule has 0 N–H and O–H groups in total. The quantitative estimate of drug-likeness (QED) is 0.447. The van der Waals surface area contributed by atoms with Crippen molar-refractivity contribution < 1.29 is 9.46 Å². The Kier molecular flexibility index (Phi) is 4.06. The van der Waals surface area contributed by atoms with E-state index < -0.39 is 8.03 Å². The minimum absolute atomic E-state index is 0.245. The standard InChI is InChI=1S/C2H4BrO2P/c3-1-2-6(4)5/h1-2H2. The first-order chi connectivity index (χ1) is 2.77. The first kappa shape index (κ1) is 6.54. The molecule has 36 valence electrons. The highest BCUT2D eigenvalue weighted by atomic mass is 79.9. The average Bonchev–Trinajstić information content (AvgIpc) is 1.35. The van der Waals surface area contributed by atoms with E-state index in [1.165, 1.54) is 0 Å². The Morgan fingerprint density at radius 3 is 2.33 bits per heavy atom. The lowest BCUT2D eigenvalue weighted by Crippen LogP contribution is -1.90. The molecule has 0 bridgehead atoms. The Hall–Kier alpha value is 0.540. The molecule has 0 saturated heterocycles. The van der Waals surface area contributed by atoms with Crippen molar-refractivity contribution in [3.05, 3.63) is 0 Å². The number of alkyl halides is 1. The molecule has 6 heavy (non-hydrogen) atoms. The van der Waals surface area contributed by atoms with Crippen LogP contribution in [0.25, 0.3) is 0 Å². The van der Waals surface area contributed by atoms with Crippen LogP contribution in [0.5, 0.6) is 0 Å². The van der Waals surface area contributed by atoms with Crippen LogP contribution in [0.3, 0.4) is 0 Å². The van der Waals surface area contributed by atoms with Crippen molar-refractivity contribution in [3.8, 4) is 0 Å². The van der Waals surface area contributed by atoms with Gasteiger partial charge in [-0.3, -0.25) is 0 Å². The number of hydrogen-bond acceptors (Lipinski definition) is 2. The van der Waals surface area contributed by atoms with Crippen LogP contribution in [0.1, 0.15) is 0 Å². The van der Waals surface area contributed by atoms with Gasteiger partial charge in [0.1, 0.15) is 0 Å². The summed E-state index contributed by atoms with van der Waals surface area (Å²) in [5.74, 6) is 0. The number of hydrogen-bond donors (Lipinski definition) is 0. The van der Waals surface area contributed by atoms with E-state index in [-0.39, 0.29) is 6.16 Å². The first-order valence-electron chi connectivity index (χ1n) is 1.45. The zero-order valence-corrected chi connectivity index (χ0v) is 5.54. The second-order valence-electron chi connectivity index (χ2n) is 0.745. The Morgan fingerprint density at radius 2 is 2.33 bits per heavy atom. The molecule has 0 spiro atoms. The third-order valence-electron chi connectivity index (χ3n) is 0.267. The van der Waals surface area contributed by atoms with E-state index in [0.717, 1.165) is 0 Å². The van der Waals surface area contributed by atoms with Gasteiger partial charge in [-0.15, -0.1) is 0 Å². The first-order valence-corrected chi connectivity index (χ1v) is 3.93. The van der Waals surface area contributed by atoms with Gasteiger partial charge in [0, 0.05) is 5.33 Å². The van der Waals surface area contributed by atoms with Gasteiger partial charge in [0.05, 0.1) is 0 Å². The van der Waals surface area contributed by atoms with Crippen molar-refractivity contribution in [2.45, 2.75) is 0 Å². The van der Waals surface area contributed by atoms with Gasteiger partial charge in [0.2, 0.25) is 0 Å². The summed E-state index contributed by atoms with van der Waals surface area (Å²) in [6.07, 6.45) is 0.245. The monoisotopic (exact) mass is 170 g/mol. The van der Waals surface area contributed by atoms with Crippen LogP contribution >= 0.6 is 24.0 Å². The van der Waals surface area contributed by atoms with Crippen LogP contribution in [-0.4, -0.2) is 11.5 Å². The molecule has 0 fully saturated rings. The molecular weight excluding hydrogens is 167 g/mol. The fourth-order valence-corrected chi connectivity index (χ4v) is 1.08. The van der Waals surface area contributed by atoms with Crippen molar-refractivity contribution in [1.82, 2.24) is 0 Å². The smallest absolute Gasteiger partial charge is 0.309 e. The summed E-state index contributed by atoms with van der Waals surface area (Å²) in [6, 6.07) is 0. The second kappa shape index (κ2) is 3.72. The van der Waals surface area contributed by atoms with E-state index >= 15 is 0 Å². The van der Waals surface area contributed by atoms with Gasteiger partial charge in [-0.2, -0.15) is 0 Å². The van der Waals surface area contributed by atoms with Crippen LogP contribution in [0.4, 0.5) is 0 Å². The maximum atomic E-state index is 9.61. The van der Waals surface area contributed by atoms with E-state index in [9.17, 15) is 9.46 Å². The van der Waals surface area contributed by atoms with Gasteiger partial charge in [-0.05, 0) is 0 Å². The SMILES string of the molecule is O=[P+]([O-])CCBr. The van der Waals surface area contributed by atoms with Gasteiger partial charge < -0.3 is 4.89 Å². The molecule has 0 rings (SSSR count). The molecule has 0 saturated carbocycles. The van der Waals surface area contributed by atoms with Crippen molar-refractivity contribution >= 4 is 24.0 Å². The number of rotatable bonds is 2. The van der Waals surface area contributed by atoms with Gasteiger partial charge in [-0.1, -0.05) is 20.5 Å². The van der Waals surface area contributed by atoms with E-state index in [1.54, 1.807) is 0 Å². The molecule has 0 amide bonds. The molecule has 0 aliphatic rings. The minimum Gasteiger partial charge on any atom is -0.596 e. The molecule has 1 unspecified atom stereocenters. The summed E-state index contributed by atoms with van der Waals surface area (Å²) < 4.78 is 9.61. The van der Waals surface area contributed by atoms with Crippen molar-refractivity contribution in [1.29, 1.82) is 0 Å². The summed E-state index contributed by atoms with van der Waals surface area (Å²) in [5.41, 5.74) is 0. The van der Waals surface area contributed by atoms with Crippen molar-refractivity contribution in [2.75, 3.05) is 11.5 Å². The van der Waals surface area contributed by atoms with Crippen LogP contribution in [0.2, 0.25) is 0 Å². The molecule has 0 aromatic rings. The topological polar surface area (TPSA) is 40.1 Å². The summed E-state index contributed by atoms with van der Waals surface area (Å²) in [5, 5.41) is 0.547. The lowest BCUT2D eigenvalue weighted by Gasteiger charge is -1.76. The van der Waals surface area contributed by atoms with E-state index in [4.69, 9.17) is 0 Å². The zero-order valence-electron chi connectivity index (χ0n) is 3.06. The molecule has 0 aliphatic heterocycles. The summed E-state index contributed by atoms with van der Waals surface area (Å²) in [6.45, 7) is 0. The van der Waals surface area contributed by atoms with Gasteiger partial charge >= 0.3 is 8.03 Å². The minimum atomic E-state index is -2.15. The highest BCUT2D eigenvalue weighted by Gasteiger charge is 1.92. The van der Waals surface area contributed by atoms with E-state index in [2.05, 4.69) is 15.9 Å². The molecule has 0 aromatic carbocycles. The lowest BCUT2D eigenvalue weighted by molar-refractivity contribution is -0.163. The van der Waals surface area contributed by atoms with E-state index in [1.807, 2.05) is 0 Å². The van der Waals surface area contributed by atoms with Crippen LogP contribution in [-0.2, 0) is 4.57 Å². The Bertz CT molecular complexity index is 55.5. The Balaban J connectivity index is 2.83. The maximum absolute atomic E-state index is 9.61. The van der Waals surface area contributed by atoms with Crippen LogP contribution < -0.4 is 4.89 Å². The third kappa shape index (κ3) is 4.54. The molecule has 0 heterocycles. The third-order valence-corrected chi connectivity index (χ3v) is 1.87. The average molecular weight is 171 g/mol. The van der Waals surface area contributed by atoms with Crippen molar-refractivity contribution in [3.63, 3.8) is 0 Å². The van der Waals surface area contributed by atoms with Gasteiger partial charge in [0.25, 0.3) is 0 Å². The normalized spacial score (nSPS) is 11.3. The molecule has 2 nitrogen and oxygen atoms in total. The van der Waals surface area contributed by atoms with Gasteiger partial charge in [-0.25, -0.2) is 0 Å².